The molecule has 0 aliphatic rings. The number of rotatable bonds is 12. The summed E-state index contributed by atoms with van der Waals surface area (Å²) in [6, 6.07) is 36.9. The molecule has 6 rings (SSSR count). The number of azo groups is 2. The van der Waals surface area contributed by atoms with Crippen LogP contribution in [0.3, 0.4) is 0 Å². The van der Waals surface area contributed by atoms with E-state index >= 15 is 0 Å². The Morgan fingerprint density at radius 3 is 1.23 bits per heavy atom. The van der Waals surface area contributed by atoms with Crippen molar-refractivity contribution in [2.75, 3.05) is 23.7 Å². The lowest BCUT2D eigenvalue weighted by Crippen LogP contribution is -2.01. The Balaban J connectivity index is 1.17. The summed E-state index contributed by atoms with van der Waals surface area (Å²) in [5, 5.41) is 28.8. The summed E-state index contributed by atoms with van der Waals surface area (Å²) in [6.45, 7) is 6.04. The molecule has 0 saturated carbocycles. The second kappa shape index (κ2) is 14.3. The number of fused-ring (bicyclic) bond motifs is 2. The summed E-state index contributed by atoms with van der Waals surface area (Å²) in [5.74, 6) is 0. The molecular formula is C38H36N6O2S. The van der Waals surface area contributed by atoms with Gasteiger partial charge >= 0.3 is 0 Å². The summed E-state index contributed by atoms with van der Waals surface area (Å²) in [6.07, 6.45) is 2.06. The smallest absolute Gasteiger partial charge is 0.206 e. The molecule has 2 N–H and O–H groups in total. The van der Waals surface area contributed by atoms with E-state index in [-0.39, 0.29) is 9.79 Å². The molecule has 0 saturated heterocycles. The van der Waals surface area contributed by atoms with Crippen LogP contribution in [0.4, 0.5) is 34.1 Å². The van der Waals surface area contributed by atoms with Crippen molar-refractivity contribution in [3.63, 3.8) is 0 Å². The van der Waals surface area contributed by atoms with E-state index in [1.54, 1.807) is 48.5 Å². The van der Waals surface area contributed by atoms with Crippen molar-refractivity contribution in [1.29, 1.82) is 0 Å². The Hall–Kier alpha value is -5.41. The monoisotopic (exact) mass is 640 g/mol. The second-order valence-corrected chi connectivity index (χ2v) is 13.1. The molecule has 0 amide bonds. The van der Waals surface area contributed by atoms with Crippen molar-refractivity contribution in [2.45, 2.75) is 36.5 Å². The molecule has 47 heavy (non-hydrogen) atoms. The summed E-state index contributed by atoms with van der Waals surface area (Å²) in [5.41, 5.74) is 4.71. The Labute approximate surface area is 275 Å². The molecule has 0 heterocycles. The normalized spacial score (nSPS) is 12.0. The first-order valence-corrected chi connectivity index (χ1v) is 17.3. The van der Waals surface area contributed by atoms with Crippen LogP contribution >= 0.6 is 0 Å². The fourth-order valence-corrected chi connectivity index (χ4v) is 6.57. The van der Waals surface area contributed by atoms with E-state index in [4.69, 9.17) is 0 Å². The van der Waals surface area contributed by atoms with Crippen LogP contribution < -0.4 is 10.6 Å². The van der Waals surface area contributed by atoms with E-state index in [1.807, 2.05) is 60.7 Å². The molecule has 0 aromatic heterocycles. The average molecular weight is 641 g/mol. The number of nitrogens with one attached hydrogen (secondary N) is 2. The number of hydrogen-bond donors (Lipinski definition) is 2. The highest BCUT2D eigenvalue weighted by molar-refractivity contribution is 7.91. The van der Waals surface area contributed by atoms with Gasteiger partial charge in [0.2, 0.25) is 9.84 Å². The van der Waals surface area contributed by atoms with E-state index in [2.05, 4.69) is 57.1 Å². The van der Waals surface area contributed by atoms with Gasteiger partial charge in [-0.25, -0.2) is 8.42 Å². The van der Waals surface area contributed by atoms with E-state index < -0.39 is 9.84 Å². The third-order valence-corrected chi connectivity index (χ3v) is 9.56. The number of benzene rings is 6. The van der Waals surface area contributed by atoms with E-state index in [0.29, 0.717) is 11.4 Å². The molecule has 8 nitrogen and oxygen atoms in total. The highest BCUT2D eigenvalue weighted by Crippen LogP contribution is 2.35. The van der Waals surface area contributed by atoms with Crippen LogP contribution in [-0.4, -0.2) is 21.5 Å². The van der Waals surface area contributed by atoms with Crippen LogP contribution in [-0.2, 0) is 9.84 Å². The summed E-state index contributed by atoms with van der Waals surface area (Å²) < 4.78 is 26.8. The van der Waals surface area contributed by atoms with Crippen LogP contribution in [0, 0.1) is 0 Å². The van der Waals surface area contributed by atoms with Crippen LogP contribution in [0.25, 0.3) is 21.5 Å². The molecule has 6 aromatic rings. The second-order valence-electron chi connectivity index (χ2n) is 11.1. The molecule has 0 radical (unpaired) electrons. The lowest BCUT2D eigenvalue weighted by atomic mass is 10.1. The van der Waals surface area contributed by atoms with Gasteiger partial charge in [0.15, 0.2) is 0 Å². The lowest BCUT2D eigenvalue weighted by Gasteiger charge is -2.10. The van der Waals surface area contributed by atoms with Crippen molar-refractivity contribution in [2.24, 2.45) is 20.5 Å². The van der Waals surface area contributed by atoms with E-state index in [1.165, 1.54) is 0 Å². The largest absolute Gasteiger partial charge is 0.385 e. The third-order valence-electron chi connectivity index (χ3n) is 7.77. The molecule has 9 heteroatoms. The number of anilines is 2. The molecule has 6 aromatic carbocycles. The zero-order valence-corrected chi connectivity index (χ0v) is 27.2. The Kier molecular flexibility index (Phi) is 9.64. The average Bonchev–Trinajstić information content (AvgIpc) is 3.12. The van der Waals surface area contributed by atoms with Gasteiger partial charge < -0.3 is 10.6 Å². The minimum Gasteiger partial charge on any atom is -0.385 e. The van der Waals surface area contributed by atoms with Gasteiger partial charge in [0.05, 0.1) is 32.5 Å². The minimum atomic E-state index is -3.75. The van der Waals surface area contributed by atoms with Gasteiger partial charge in [-0.3, -0.25) is 0 Å². The van der Waals surface area contributed by atoms with Gasteiger partial charge in [-0.15, -0.1) is 10.2 Å². The van der Waals surface area contributed by atoms with Gasteiger partial charge in [0.25, 0.3) is 0 Å². The minimum absolute atomic E-state index is 0.172. The van der Waals surface area contributed by atoms with Crippen molar-refractivity contribution in [1.82, 2.24) is 0 Å². The maximum atomic E-state index is 13.4. The van der Waals surface area contributed by atoms with Crippen LogP contribution in [0.1, 0.15) is 26.7 Å². The maximum absolute atomic E-state index is 13.4. The molecule has 0 atom stereocenters. The Bertz CT molecular complexity index is 2030. The zero-order chi connectivity index (χ0) is 32.6. The van der Waals surface area contributed by atoms with Crippen molar-refractivity contribution in [3.05, 3.63) is 121 Å². The Morgan fingerprint density at radius 2 is 0.851 bits per heavy atom. The topological polar surface area (TPSA) is 108 Å². The van der Waals surface area contributed by atoms with Crippen LogP contribution in [0.5, 0.6) is 0 Å². The summed E-state index contributed by atoms with van der Waals surface area (Å²) in [7, 11) is -3.75. The number of nitrogens with zero attached hydrogens (tertiary/aromatic N) is 4. The van der Waals surface area contributed by atoms with Crippen LogP contribution in [0.2, 0.25) is 0 Å². The molecule has 0 aliphatic heterocycles. The lowest BCUT2D eigenvalue weighted by molar-refractivity contribution is 0.596. The molecule has 0 aliphatic carbocycles. The summed E-state index contributed by atoms with van der Waals surface area (Å²) in [4.78, 5) is 0.344. The molecule has 0 unspecified atom stereocenters. The SMILES string of the molecule is CCCNc1ccc(N=Nc2ccc(S(=O)(=O)c3ccc(N=Nc4ccc(NCCC)c5ccccc45)cc3)cc2)c2ccccc12. The third kappa shape index (κ3) is 7.05. The highest BCUT2D eigenvalue weighted by Gasteiger charge is 2.17. The van der Waals surface area contributed by atoms with Crippen molar-refractivity contribution in [3.8, 4) is 0 Å². The first-order valence-electron chi connectivity index (χ1n) is 15.8. The molecule has 236 valence electrons. The van der Waals surface area contributed by atoms with Crippen molar-refractivity contribution >= 4 is 65.5 Å². The van der Waals surface area contributed by atoms with Crippen LogP contribution in [0.15, 0.2) is 152 Å². The first kappa shape index (κ1) is 31.6. The fourth-order valence-electron chi connectivity index (χ4n) is 5.31. The number of sulfone groups is 1. The number of hydrogen-bond acceptors (Lipinski definition) is 8. The Morgan fingerprint density at radius 1 is 0.468 bits per heavy atom. The quantitative estimate of drug-likeness (QED) is 0.130. The summed E-state index contributed by atoms with van der Waals surface area (Å²) >= 11 is 0. The van der Waals surface area contributed by atoms with Gasteiger partial charge in [0.1, 0.15) is 0 Å². The van der Waals surface area contributed by atoms with Gasteiger partial charge in [0, 0.05) is 46.0 Å². The fraction of sp³-hybridized carbons (Fsp3) is 0.158. The molecule has 0 fully saturated rings. The van der Waals surface area contributed by atoms with E-state index in [0.717, 1.165) is 70.2 Å². The van der Waals surface area contributed by atoms with E-state index in [9.17, 15) is 8.42 Å². The standard InChI is InChI=1S/C38H36N6O2S/c1-3-25-39-35-21-23-37(33-11-7-5-9-31(33)35)43-41-27-13-17-29(18-14-27)47(45,46)30-19-15-28(16-20-30)42-44-38-24-22-36(40-26-4-2)32-10-6-8-12-34(32)38/h5-24,39-40H,3-4,25-26H2,1-2H3. The zero-order valence-electron chi connectivity index (χ0n) is 26.4. The molecular weight excluding hydrogens is 605 g/mol. The molecule has 0 spiro atoms. The molecule has 0 bridgehead atoms. The van der Waals surface area contributed by atoms with Crippen molar-refractivity contribution < 1.29 is 8.42 Å². The predicted octanol–water partition coefficient (Wildman–Crippen LogP) is 11.3. The van der Waals surface area contributed by atoms with Gasteiger partial charge in [-0.05, 0) is 85.6 Å². The van der Waals surface area contributed by atoms with Gasteiger partial charge in [-0.1, -0.05) is 62.4 Å². The predicted molar refractivity (Wildman–Crippen MR) is 192 cm³/mol. The highest BCUT2D eigenvalue weighted by atomic mass is 32.2. The maximum Gasteiger partial charge on any atom is 0.206 e. The van der Waals surface area contributed by atoms with Gasteiger partial charge in [-0.2, -0.15) is 10.2 Å². The first-order chi connectivity index (χ1) is 23.0.